The fourth-order valence-electron chi connectivity index (χ4n) is 3.40. The van der Waals surface area contributed by atoms with E-state index in [0.29, 0.717) is 22.1 Å². The van der Waals surface area contributed by atoms with Gasteiger partial charge in [0.15, 0.2) is 16.6 Å². The number of carbonyl (C=O) groups is 2. The Hall–Kier alpha value is -3.99. The van der Waals surface area contributed by atoms with Crippen molar-refractivity contribution in [2.24, 2.45) is 0 Å². The fourth-order valence-corrected chi connectivity index (χ4v) is 4.37. The molecule has 0 fully saturated rings. The van der Waals surface area contributed by atoms with Gasteiger partial charge in [0.1, 0.15) is 12.6 Å². The van der Waals surface area contributed by atoms with Gasteiger partial charge in [-0.3, -0.25) is 19.0 Å². The third kappa shape index (κ3) is 4.69. The lowest BCUT2D eigenvalue weighted by molar-refractivity contribution is -0.126. The summed E-state index contributed by atoms with van der Waals surface area (Å²) in [7, 11) is 2.96. The standard InChI is InChI=1S/C23H23N5O5S/c1-12-5-6-15-19(7-12)34-23(26-15)27-21(30)13(2)25-20(29)10-28-11-24-16-9-18(33-4)17(32-3)8-14(16)22(28)31/h5-9,11,13H,10H2,1-4H3,(H,25,29)(H,26,27,30). The molecule has 0 saturated heterocycles. The van der Waals surface area contributed by atoms with Crippen molar-refractivity contribution >= 4 is 49.4 Å². The molecule has 0 spiro atoms. The monoisotopic (exact) mass is 481 g/mol. The first-order valence-electron chi connectivity index (χ1n) is 10.4. The lowest BCUT2D eigenvalue weighted by atomic mass is 10.2. The summed E-state index contributed by atoms with van der Waals surface area (Å²) < 4.78 is 12.6. The highest BCUT2D eigenvalue weighted by atomic mass is 32.1. The number of nitrogens with one attached hydrogen (secondary N) is 2. The van der Waals surface area contributed by atoms with E-state index in [1.54, 1.807) is 13.0 Å². The molecular formula is C23H23N5O5S. The Balaban J connectivity index is 1.44. The van der Waals surface area contributed by atoms with E-state index in [1.807, 2.05) is 25.1 Å². The van der Waals surface area contributed by atoms with Crippen molar-refractivity contribution in [3.05, 3.63) is 52.6 Å². The number of ether oxygens (including phenoxy) is 2. The molecule has 1 atom stereocenters. The second-order valence-electron chi connectivity index (χ2n) is 7.67. The van der Waals surface area contributed by atoms with Crippen LogP contribution in [0.5, 0.6) is 11.5 Å². The molecule has 2 aromatic carbocycles. The van der Waals surface area contributed by atoms with Gasteiger partial charge in [-0.1, -0.05) is 17.4 Å². The predicted octanol–water partition coefficient (Wildman–Crippen LogP) is 2.48. The number of nitrogens with zero attached hydrogens (tertiary/aromatic N) is 3. The molecule has 0 radical (unpaired) electrons. The molecule has 0 aliphatic rings. The van der Waals surface area contributed by atoms with Gasteiger partial charge in [-0.15, -0.1) is 0 Å². The molecular weight excluding hydrogens is 458 g/mol. The van der Waals surface area contributed by atoms with Crippen LogP contribution in [-0.2, 0) is 16.1 Å². The fraction of sp³-hybridized carbons (Fsp3) is 0.261. The highest BCUT2D eigenvalue weighted by Gasteiger charge is 2.19. The minimum absolute atomic E-state index is 0.282. The highest BCUT2D eigenvalue weighted by Crippen LogP contribution is 2.30. The summed E-state index contributed by atoms with van der Waals surface area (Å²) in [6.45, 7) is 3.25. The van der Waals surface area contributed by atoms with Crippen LogP contribution in [0.1, 0.15) is 12.5 Å². The maximum absolute atomic E-state index is 12.9. The van der Waals surface area contributed by atoms with Gasteiger partial charge < -0.3 is 20.1 Å². The molecule has 10 nitrogen and oxygen atoms in total. The number of hydrogen-bond acceptors (Lipinski definition) is 8. The molecule has 11 heteroatoms. The smallest absolute Gasteiger partial charge is 0.261 e. The SMILES string of the molecule is COc1cc2ncn(CC(=O)NC(C)C(=O)Nc3nc4ccc(C)cc4s3)c(=O)c2cc1OC. The second kappa shape index (κ2) is 9.48. The Morgan fingerprint density at radius 1 is 1.12 bits per heavy atom. The summed E-state index contributed by atoms with van der Waals surface area (Å²) in [6.07, 6.45) is 1.28. The van der Waals surface area contributed by atoms with Gasteiger partial charge in [-0.2, -0.15) is 0 Å². The van der Waals surface area contributed by atoms with Crippen LogP contribution in [0, 0.1) is 6.92 Å². The number of thiazole rings is 1. The molecule has 2 amide bonds. The molecule has 0 saturated carbocycles. The number of fused-ring (bicyclic) bond motifs is 2. The van der Waals surface area contributed by atoms with E-state index < -0.39 is 23.4 Å². The van der Waals surface area contributed by atoms with Crippen molar-refractivity contribution in [2.75, 3.05) is 19.5 Å². The van der Waals surface area contributed by atoms with E-state index in [-0.39, 0.29) is 11.9 Å². The second-order valence-corrected chi connectivity index (χ2v) is 8.70. The van der Waals surface area contributed by atoms with Gasteiger partial charge >= 0.3 is 0 Å². The van der Waals surface area contributed by atoms with E-state index in [4.69, 9.17) is 9.47 Å². The van der Waals surface area contributed by atoms with Crippen LogP contribution in [0.2, 0.25) is 0 Å². The molecule has 0 bridgehead atoms. The Bertz CT molecular complexity index is 1460. The first-order chi connectivity index (χ1) is 16.3. The zero-order valence-corrected chi connectivity index (χ0v) is 19.9. The van der Waals surface area contributed by atoms with Gasteiger partial charge in [0, 0.05) is 6.07 Å². The van der Waals surface area contributed by atoms with Gasteiger partial charge in [0.25, 0.3) is 5.56 Å². The molecule has 2 aromatic heterocycles. The van der Waals surface area contributed by atoms with Crippen molar-refractivity contribution < 1.29 is 19.1 Å². The predicted molar refractivity (Wildman–Crippen MR) is 130 cm³/mol. The van der Waals surface area contributed by atoms with Crippen molar-refractivity contribution in [2.45, 2.75) is 26.4 Å². The Morgan fingerprint density at radius 2 is 1.85 bits per heavy atom. The maximum atomic E-state index is 12.9. The number of amides is 2. The van der Waals surface area contributed by atoms with Gasteiger partial charge in [0.2, 0.25) is 11.8 Å². The molecule has 0 aliphatic carbocycles. The zero-order chi connectivity index (χ0) is 24.4. The van der Waals surface area contributed by atoms with Crippen LogP contribution < -0.4 is 25.7 Å². The van der Waals surface area contributed by atoms with Crippen LogP contribution in [0.15, 0.2) is 41.5 Å². The normalized spacial score (nSPS) is 11.9. The number of benzene rings is 2. The molecule has 1 unspecified atom stereocenters. The van der Waals surface area contributed by atoms with E-state index in [2.05, 4.69) is 20.6 Å². The minimum Gasteiger partial charge on any atom is -0.493 e. The van der Waals surface area contributed by atoms with Crippen LogP contribution in [-0.4, -0.2) is 46.6 Å². The number of anilines is 1. The van der Waals surface area contributed by atoms with Crippen molar-refractivity contribution in [1.29, 1.82) is 0 Å². The topological polar surface area (TPSA) is 124 Å². The van der Waals surface area contributed by atoms with E-state index >= 15 is 0 Å². The first-order valence-corrected chi connectivity index (χ1v) is 11.2. The molecule has 0 aliphatic heterocycles. The number of methoxy groups -OCH3 is 2. The van der Waals surface area contributed by atoms with Gasteiger partial charge in [-0.25, -0.2) is 9.97 Å². The summed E-state index contributed by atoms with van der Waals surface area (Å²) in [6, 6.07) is 8.11. The Morgan fingerprint density at radius 3 is 2.59 bits per heavy atom. The third-order valence-electron chi connectivity index (χ3n) is 5.19. The summed E-state index contributed by atoms with van der Waals surface area (Å²) in [5.74, 6) is -0.0943. The minimum atomic E-state index is -0.838. The van der Waals surface area contributed by atoms with Crippen molar-refractivity contribution in [1.82, 2.24) is 19.9 Å². The first kappa shape index (κ1) is 23.2. The number of aromatic nitrogens is 3. The van der Waals surface area contributed by atoms with Crippen molar-refractivity contribution in [3.63, 3.8) is 0 Å². The molecule has 4 aromatic rings. The molecule has 176 valence electrons. The van der Waals surface area contributed by atoms with Crippen molar-refractivity contribution in [3.8, 4) is 11.5 Å². The summed E-state index contributed by atoms with van der Waals surface area (Å²) in [4.78, 5) is 46.6. The number of rotatable bonds is 7. The van der Waals surface area contributed by atoms with E-state index in [0.717, 1.165) is 15.8 Å². The quantitative estimate of drug-likeness (QED) is 0.415. The van der Waals surface area contributed by atoms with E-state index in [1.165, 1.54) is 42.5 Å². The lowest BCUT2D eigenvalue weighted by Gasteiger charge is -2.14. The third-order valence-corrected chi connectivity index (χ3v) is 6.12. The molecule has 2 heterocycles. The number of hydrogen-bond donors (Lipinski definition) is 2. The summed E-state index contributed by atoms with van der Waals surface area (Å²) in [5.41, 5.74) is 1.90. The molecule has 2 N–H and O–H groups in total. The van der Waals surface area contributed by atoms with Crippen LogP contribution >= 0.6 is 11.3 Å². The Kier molecular flexibility index (Phi) is 6.46. The average Bonchev–Trinajstić information content (AvgIpc) is 3.21. The maximum Gasteiger partial charge on any atom is 0.261 e. The van der Waals surface area contributed by atoms with Crippen LogP contribution in [0.3, 0.4) is 0 Å². The van der Waals surface area contributed by atoms with Crippen LogP contribution in [0.4, 0.5) is 5.13 Å². The van der Waals surface area contributed by atoms with E-state index in [9.17, 15) is 14.4 Å². The average molecular weight is 482 g/mol. The zero-order valence-electron chi connectivity index (χ0n) is 19.0. The summed E-state index contributed by atoms with van der Waals surface area (Å²) >= 11 is 1.36. The Labute approximate surface area is 198 Å². The largest absolute Gasteiger partial charge is 0.493 e. The lowest BCUT2D eigenvalue weighted by Crippen LogP contribution is -2.43. The molecule has 34 heavy (non-hydrogen) atoms. The summed E-state index contributed by atoms with van der Waals surface area (Å²) in [5, 5.41) is 6.06. The molecule has 4 rings (SSSR count). The number of carbonyl (C=O) groups excluding carboxylic acids is 2. The highest BCUT2D eigenvalue weighted by molar-refractivity contribution is 7.22. The number of aryl methyl sites for hydroxylation is 1. The van der Waals surface area contributed by atoms with Gasteiger partial charge in [0.05, 0.1) is 41.7 Å². The van der Waals surface area contributed by atoms with Crippen LogP contribution in [0.25, 0.3) is 21.1 Å². The van der Waals surface area contributed by atoms with Gasteiger partial charge in [-0.05, 0) is 37.6 Å².